The predicted molar refractivity (Wildman–Crippen MR) is 97.5 cm³/mol. The van der Waals surface area contributed by atoms with Crippen molar-refractivity contribution in [1.29, 1.82) is 0 Å². The zero-order chi connectivity index (χ0) is 18.2. The summed E-state index contributed by atoms with van der Waals surface area (Å²) in [5.74, 6) is 0.0797. The number of carbonyl (C=O) groups excluding carboxylic acids is 1. The lowest BCUT2D eigenvalue weighted by Crippen LogP contribution is -2.39. The number of nitrogens with zero attached hydrogens (tertiary/aromatic N) is 3. The summed E-state index contributed by atoms with van der Waals surface area (Å²) in [4.78, 5) is 30.7. The first-order valence-electron chi connectivity index (χ1n) is 7.83. The fourth-order valence-corrected chi connectivity index (χ4v) is 5.51. The van der Waals surface area contributed by atoms with E-state index in [4.69, 9.17) is 0 Å². The standard InChI is InChI=1S/C16H19N3O4S2/c1-18(11-7-8-25(22,23)10-11)14(20)9-24-16-17-13-6-4-3-5-12(13)15(21)19(16)2/h3-6,11H,7-10H2,1-2H3/t11-/m1/s1. The maximum Gasteiger partial charge on any atom is 0.261 e. The summed E-state index contributed by atoms with van der Waals surface area (Å²) in [5.41, 5.74) is 0.437. The molecule has 7 nitrogen and oxygen atoms in total. The van der Waals surface area contributed by atoms with E-state index in [-0.39, 0.29) is 34.8 Å². The van der Waals surface area contributed by atoms with E-state index < -0.39 is 9.84 Å². The Morgan fingerprint density at radius 1 is 1.40 bits per heavy atom. The Morgan fingerprint density at radius 3 is 2.80 bits per heavy atom. The number of fused-ring (bicyclic) bond motifs is 1. The molecule has 1 atom stereocenters. The number of amides is 1. The van der Waals surface area contributed by atoms with Gasteiger partial charge in [0, 0.05) is 20.1 Å². The minimum absolute atomic E-state index is 0.0205. The first-order valence-corrected chi connectivity index (χ1v) is 10.6. The first-order chi connectivity index (χ1) is 11.8. The molecule has 0 bridgehead atoms. The largest absolute Gasteiger partial charge is 0.341 e. The number of hydrogen-bond donors (Lipinski definition) is 0. The number of para-hydroxylation sites is 1. The quantitative estimate of drug-likeness (QED) is 0.571. The van der Waals surface area contributed by atoms with Crippen LogP contribution in [-0.4, -0.2) is 59.1 Å². The van der Waals surface area contributed by atoms with Crippen LogP contribution in [0, 0.1) is 0 Å². The average molecular weight is 381 g/mol. The van der Waals surface area contributed by atoms with Crippen molar-refractivity contribution in [3.05, 3.63) is 34.6 Å². The van der Waals surface area contributed by atoms with E-state index in [1.807, 2.05) is 6.07 Å². The second kappa shape index (κ2) is 6.80. The van der Waals surface area contributed by atoms with Crippen molar-refractivity contribution >= 4 is 38.4 Å². The number of aromatic nitrogens is 2. The molecule has 0 spiro atoms. The summed E-state index contributed by atoms with van der Waals surface area (Å²) in [6.45, 7) is 0. The number of thioether (sulfide) groups is 1. The average Bonchev–Trinajstić information content (AvgIpc) is 2.95. The summed E-state index contributed by atoms with van der Waals surface area (Å²) < 4.78 is 24.6. The van der Waals surface area contributed by atoms with E-state index in [1.165, 1.54) is 21.2 Å². The van der Waals surface area contributed by atoms with Crippen molar-refractivity contribution in [3.63, 3.8) is 0 Å². The molecule has 0 saturated carbocycles. The van der Waals surface area contributed by atoms with E-state index in [2.05, 4.69) is 4.98 Å². The van der Waals surface area contributed by atoms with Crippen LogP contribution >= 0.6 is 11.8 Å². The zero-order valence-corrected chi connectivity index (χ0v) is 15.6. The van der Waals surface area contributed by atoms with E-state index in [9.17, 15) is 18.0 Å². The van der Waals surface area contributed by atoms with Gasteiger partial charge in [-0.05, 0) is 18.6 Å². The van der Waals surface area contributed by atoms with Crippen molar-refractivity contribution in [2.75, 3.05) is 24.3 Å². The van der Waals surface area contributed by atoms with Crippen LogP contribution in [0.4, 0.5) is 0 Å². The Labute approximate surface area is 150 Å². The number of carbonyl (C=O) groups is 1. The van der Waals surface area contributed by atoms with Crippen molar-refractivity contribution < 1.29 is 13.2 Å². The van der Waals surface area contributed by atoms with Crippen LogP contribution in [0.2, 0.25) is 0 Å². The Bertz CT molecular complexity index is 985. The molecule has 1 saturated heterocycles. The number of rotatable bonds is 4. The molecule has 3 rings (SSSR count). The Kier molecular flexibility index (Phi) is 4.88. The van der Waals surface area contributed by atoms with Gasteiger partial charge in [-0.1, -0.05) is 23.9 Å². The summed E-state index contributed by atoms with van der Waals surface area (Å²) in [6.07, 6.45) is 0.474. The van der Waals surface area contributed by atoms with E-state index in [0.29, 0.717) is 22.5 Å². The Morgan fingerprint density at radius 2 is 2.12 bits per heavy atom. The highest BCUT2D eigenvalue weighted by Crippen LogP contribution is 2.20. The highest BCUT2D eigenvalue weighted by Gasteiger charge is 2.32. The molecule has 9 heteroatoms. The number of hydrogen-bond acceptors (Lipinski definition) is 6. The van der Waals surface area contributed by atoms with Gasteiger partial charge in [0.1, 0.15) is 0 Å². The SMILES string of the molecule is CN(C(=O)CSc1nc2ccccc2c(=O)n1C)[C@@H]1CCS(=O)(=O)C1. The fourth-order valence-electron chi connectivity index (χ4n) is 2.84. The summed E-state index contributed by atoms with van der Waals surface area (Å²) in [7, 11) is 0.217. The normalized spacial score (nSPS) is 19.2. The van der Waals surface area contributed by atoms with E-state index >= 15 is 0 Å². The molecule has 25 heavy (non-hydrogen) atoms. The van der Waals surface area contributed by atoms with Gasteiger partial charge >= 0.3 is 0 Å². The number of sulfone groups is 1. The van der Waals surface area contributed by atoms with Gasteiger partial charge in [0.05, 0.1) is 28.2 Å². The van der Waals surface area contributed by atoms with Crippen molar-refractivity contribution in [3.8, 4) is 0 Å². The molecular formula is C16H19N3O4S2. The molecule has 0 unspecified atom stereocenters. The molecule has 2 heterocycles. The third-order valence-electron chi connectivity index (χ3n) is 4.42. The Balaban J connectivity index is 1.73. The molecule has 1 aromatic carbocycles. The smallest absolute Gasteiger partial charge is 0.261 e. The zero-order valence-electron chi connectivity index (χ0n) is 14.0. The molecule has 1 amide bonds. The van der Waals surface area contributed by atoms with Crippen LogP contribution in [0.15, 0.2) is 34.2 Å². The number of benzene rings is 1. The van der Waals surface area contributed by atoms with Crippen LogP contribution < -0.4 is 5.56 Å². The molecule has 134 valence electrons. The van der Waals surface area contributed by atoms with Gasteiger partial charge in [0.15, 0.2) is 15.0 Å². The lowest BCUT2D eigenvalue weighted by atomic mass is 10.2. The summed E-state index contributed by atoms with van der Waals surface area (Å²) in [5, 5.41) is 0.999. The lowest BCUT2D eigenvalue weighted by Gasteiger charge is -2.23. The van der Waals surface area contributed by atoms with Gasteiger partial charge in [-0.3, -0.25) is 14.2 Å². The second-order valence-electron chi connectivity index (χ2n) is 6.13. The van der Waals surface area contributed by atoms with Crippen LogP contribution in [0.5, 0.6) is 0 Å². The molecule has 1 aliphatic heterocycles. The van der Waals surface area contributed by atoms with Crippen molar-refractivity contribution in [2.45, 2.75) is 17.6 Å². The van der Waals surface area contributed by atoms with Crippen molar-refractivity contribution in [2.24, 2.45) is 7.05 Å². The minimum Gasteiger partial charge on any atom is -0.341 e. The molecular weight excluding hydrogens is 362 g/mol. The van der Waals surface area contributed by atoms with Crippen LogP contribution in [0.1, 0.15) is 6.42 Å². The molecule has 1 aliphatic rings. The maximum atomic E-state index is 12.4. The molecule has 2 aromatic rings. The van der Waals surface area contributed by atoms with Gasteiger partial charge in [-0.2, -0.15) is 0 Å². The van der Waals surface area contributed by atoms with Gasteiger partial charge in [-0.15, -0.1) is 0 Å². The lowest BCUT2D eigenvalue weighted by molar-refractivity contribution is -0.128. The van der Waals surface area contributed by atoms with Crippen LogP contribution in [0.25, 0.3) is 10.9 Å². The monoisotopic (exact) mass is 381 g/mol. The van der Waals surface area contributed by atoms with Gasteiger partial charge in [-0.25, -0.2) is 13.4 Å². The van der Waals surface area contributed by atoms with Crippen LogP contribution in [0.3, 0.4) is 0 Å². The highest BCUT2D eigenvalue weighted by atomic mass is 32.2. The molecule has 0 N–H and O–H groups in total. The Hall–Kier alpha value is -1.87. The van der Waals surface area contributed by atoms with E-state index in [1.54, 1.807) is 32.3 Å². The first kappa shape index (κ1) is 17.9. The molecule has 1 aromatic heterocycles. The molecule has 0 radical (unpaired) electrons. The van der Waals surface area contributed by atoms with Gasteiger partial charge in [0.2, 0.25) is 5.91 Å². The third-order valence-corrected chi connectivity index (χ3v) is 7.18. The molecule has 1 fully saturated rings. The van der Waals surface area contributed by atoms with Crippen molar-refractivity contribution in [1.82, 2.24) is 14.5 Å². The minimum atomic E-state index is -3.04. The predicted octanol–water partition coefficient (Wildman–Crippen LogP) is 0.671. The highest BCUT2D eigenvalue weighted by molar-refractivity contribution is 7.99. The van der Waals surface area contributed by atoms with E-state index in [0.717, 1.165) is 0 Å². The van der Waals surface area contributed by atoms with Gasteiger partial charge in [0.25, 0.3) is 5.56 Å². The van der Waals surface area contributed by atoms with Crippen LogP contribution in [-0.2, 0) is 21.7 Å². The maximum absolute atomic E-state index is 12.4. The second-order valence-corrected chi connectivity index (χ2v) is 9.30. The fraction of sp³-hybridized carbons (Fsp3) is 0.438. The third kappa shape index (κ3) is 3.72. The topological polar surface area (TPSA) is 89.3 Å². The molecule has 0 aliphatic carbocycles. The summed E-state index contributed by atoms with van der Waals surface area (Å²) in [6, 6.07) is 6.80. The van der Waals surface area contributed by atoms with Gasteiger partial charge < -0.3 is 4.90 Å². The summed E-state index contributed by atoms with van der Waals surface area (Å²) >= 11 is 1.18.